The third-order valence-corrected chi connectivity index (χ3v) is 18.5. The predicted molar refractivity (Wildman–Crippen MR) is 319 cm³/mol. The molecule has 74 heavy (non-hydrogen) atoms. The molecule has 3 aromatic heterocycles. The fourth-order valence-electron chi connectivity index (χ4n) is 10.2. The van der Waals surface area contributed by atoms with Crippen molar-refractivity contribution in [2.24, 2.45) is 0 Å². The van der Waals surface area contributed by atoms with Gasteiger partial charge in [0.1, 0.15) is 5.58 Å². The molecule has 0 saturated carbocycles. The molecule has 0 fully saturated rings. The van der Waals surface area contributed by atoms with Gasteiger partial charge in [-0.15, -0.1) is 54.1 Å². The van der Waals surface area contributed by atoms with Crippen molar-refractivity contribution < 1.29 is 28.6 Å². The minimum Gasteiger partial charge on any atom is -0.501 e. The first-order valence-electron chi connectivity index (χ1n) is 27.4. The van der Waals surface area contributed by atoms with Crippen molar-refractivity contribution in [3.63, 3.8) is 0 Å². The monoisotopic (exact) mass is 1180 g/mol. The van der Waals surface area contributed by atoms with Crippen LogP contribution in [0.2, 0.25) is 39.3 Å². The second-order valence-corrected chi connectivity index (χ2v) is 33.7. The summed E-state index contributed by atoms with van der Waals surface area (Å²) in [5.74, 6) is 0.819. The number of pyridine rings is 1. The smallest absolute Gasteiger partial charge is 0.121 e. The molecule has 11 rings (SSSR count). The Morgan fingerprint density at radius 2 is 1.30 bits per heavy atom. The molecule has 4 nitrogen and oxygen atoms in total. The van der Waals surface area contributed by atoms with Crippen LogP contribution in [0.5, 0.6) is 0 Å². The molecule has 7 heteroatoms. The summed E-state index contributed by atoms with van der Waals surface area (Å²) < 4.78 is 35.4. The molecule has 11 aromatic rings. The summed E-state index contributed by atoms with van der Waals surface area (Å²) in [6.07, 6.45) is 1.87. The van der Waals surface area contributed by atoms with Crippen LogP contribution >= 0.6 is 0 Å². The zero-order chi connectivity index (χ0) is 54.2. The molecule has 0 aliphatic rings. The van der Waals surface area contributed by atoms with Gasteiger partial charge in [-0.05, 0) is 121 Å². The Morgan fingerprint density at radius 1 is 0.622 bits per heavy atom. The average molecular weight is 1180 g/mol. The van der Waals surface area contributed by atoms with Gasteiger partial charge in [0.15, 0.2) is 0 Å². The molecule has 0 bridgehead atoms. The molecule has 0 aliphatic carbocycles. The second-order valence-electron chi connectivity index (χ2n) is 23.6. The van der Waals surface area contributed by atoms with E-state index in [-0.39, 0.29) is 42.9 Å². The summed E-state index contributed by atoms with van der Waals surface area (Å²) in [5.41, 5.74) is 12.8. The topological polar surface area (TPSA) is 43.9 Å². The molecular weight excluding hydrogens is 1110 g/mol. The zero-order valence-corrected chi connectivity index (χ0v) is 49.6. The standard InChI is InChI=1S/C52H53N2OSi2.C15H16N.Ir/c1-31(2)43-27-37(36-24-38(56(6,7)8)29-39(25-36)57(9,10)11)28-44(32(3)4)50(43)54-49-33(5)16-14-21-47(49)53-52(54)42-20-15-19-41-46-26-35-23-22-34-17-12-13-18-40(34)45(35)30-48(46)55-51(41)42;1-15(2,3)13-9-10-16-14(11-13)12-7-5-4-6-8-12;/h12-19,21-32H,1-11H3;4-7,9-11H,1-3H3;/q2*-1;/i5D3;;. The van der Waals surface area contributed by atoms with Crippen molar-refractivity contribution in [3.8, 4) is 39.5 Å². The normalized spacial score (nSPS) is 13.1. The van der Waals surface area contributed by atoms with Crippen LogP contribution in [0.25, 0.3) is 94.0 Å². The Hall–Kier alpha value is -6.22. The number of fused-ring (bicyclic) bond motifs is 7. The summed E-state index contributed by atoms with van der Waals surface area (Å²) in [4.78, 5) is 9.73. The number of hydrogen-bond acceptors (Lipinski definition) is 3. The van der Waals surface area contributed by atoms with Crippen molar-refractivity contribution in [2.45, 2.75) is 112 Å². The Kier molecular flexibility index (Phi) is 13.3. The van der Waals surface area contributed by atoms with Crippen LogP contribution < -0.4 is 10.4 Å². The summed E-state index contributed by atoms with van der Waals surface area (Å²) in [5, 5.41) is 9.56. The van der Waals surface area contributed by atoms with Gasteiger partial charge in [-0.3, -0.25) is 4.98 Å². The number of benzene rings is 8. The molecule has 0 unspecified atom stereocenters. The number of hydrogen-bond donors (Lipinski definition) is 0. The van der Waals surface area contributed by atoms with Crippen LogP contribution in [0, 0.1) is 19.0 Å². The van der Waals surface area contributed by atoms with Gasteiger partial charge < -0.3 is 14.0 Å². The summed E-state index contributed by atoms with van der Waals surface area (Å²) in [6.45, 7) is 27.8. The van der Waals surface area contributed by atoms with E-state index < -0.39 is 23.0 Å². The summed E-state index contributed by atoms with van der Waals surface area (Å²) in [6, 6.07) is 57.7. The number of nitrogens with zero attached hydrogens (tertiary/aromatic N) is 3. The van der Waals surface area contributed by atoms with Crippen LogP contribution in [0.15, 0.2) is 156 Å². The van der Waals surface area contributed by atoms with Crippen LogP contribution in [-0.4, -0.2) is 30.7 Å². The molecule has 3 heterocycles. The van der Waals surface area contributed by atoms with Crippen molar-refractivity contribution in [3.05, 3.63) is 186 Å². The minimum atomic E-state index is -2.38. The van der Waals surface area contributed by atoms with Gasteiger partial charge in [-0.2, -0.15) is 0 Å². The van der Waals surface area contributed by atoms with Crippen molar-refractivity contribution in [1.29, 1.82) is 0 Å². The van der Waals surface area contributed by atoms with Crippen molar-refractivity contribution in [1.82, 2.24) is 14.5 Å². The minimum absolute atomic E-state index is 0. The Labute approximate surface area is 458 Å². The molecule has 377 valence electrons. The fourth-order valence-corrected chi connectivity index (χ4v) is 12.7. The molecule has 0 atom stereocenters. The third kappa shape index (κ3) is 10.0. The second kappa shape index (κ2) is 20.1. The first-order valence-corrected chi connectivity index (χ1v) is 32.9. The molecule has 0 saturated heterocycles. The van der Waals surface area contributed by atoms with Gasteiger partial charge in [0.05, 0.1) is 38.6 Å². The van der Waals surface area contributed by atoms with Gasteiger partial charge in [0, 0.05) is 41.5 Å². The van der Waals surface area contributed by atoms with Gasteiger partial charge >= 0.3 is 0 Å². The van der Waals surface area contributed by atoms with Crippen LogP contribution in [0.4, 0.5) is 0 Å². The molecule has 0 amide bonds. The van der Waals surface area contributed by atoms with Gasteiger partial charge in [0.2, 0.25) is 0 Å². The zero-order valence-electron chi connectivity index (χ0n) is 48.2. The number of aryl methyl sites for hydroxylation is 1. The number of aromatic nitrogens is 3. The van der Waals surface area contributed by atoms with E-state index in [1.165, 1.54) is 37.8 Å². The fraction of sp³-hybridized carbons (Fsp3) is 0.254. The van der Waals surface area contributed by atoms with E-state index in [0.29, 0.717) is 28.0 Å². The molecule has 1 radical (unpaired) electrons. The molecule has 0 aliphatic heterocycles. The maximum absolute atomic E-state index is 8.80. The predicted octanol–water partition coefficient (Wildman–Crippen LogP) is 17.9. The number of rotatable bonds is 8. The van der Waals surface area contributed by atoms with E-state index in [9.17, 15) is 0 Å². The van der Waals surface area contributed by atoms with E-state index in [2.05, 4.69) is 206 Å². The number of furan rings is 1. The van der Waals surface area contributed by atoms with E-state index in [1.54, 1.807) is 6.07 Å². The van der Waals surface area contributed by atoms with E-state index in [0.717, 1.165) is 55.2 Å². The van der Waals surface area contributed by atoms with Crippen LogP contribution in [0.3, 0.4) is 0 Å². The molecule has 0 N–H and O–H groups in total. The van der Waals surface area contributed by atoms with E-state index in [1.807, 2.05) is 48.7 Å². The first-order chi connectivity index (χ1) is 35.9. The quantitative estimate of drug-likeness (QED) is 0.0865. The number of para-hydroxylation sites is 1. The summed E-state index contributed by atoms with van der Waals surface area (Å²) in [7, 11) is -3.30. The third-order valence-electron chi connectivity index (χ3n) is 14.4. The van der Waals surface area contributed by atoms with Gasteiger partial charge in [-0.25, -0.2) is 0 Å². The maximum Gasteiger partial charge on any atom is 0.121 e. The van der Waals surface area contributed by atoms with Crippen LogP contribution in [0.1, 0.15) is 86.7 Å². The molecular formula is C67H69IrN3OSi2-2. The molecule has 8 aromatic carbocycles. The van der Waals surface area contributed by atoms with Gasteiger partial charge in [-0.1, -0.05) is 182 Å². The largest absolute Gasteiger partial charge is 0.501 e. The average Bonchev–Trinajstić information content (AvgIpc) is 4.14. The van der Waals surface area contributed by atoms with Crippen LogP contribution in [-0.2, 0) is 25.5 Å². The Bertz CT molecular complexity index is 3940. The van der Waals surface area contributed by atoms with E-state index >= 15 is 0 Å². The first kappa shape index (κ1) is 48.7. The van der Waals surface area contributed by atoms with Crippen molar-refractivity contribution in [2.75, 3.05) is 0 Å². The SMILES string of the molecule is CC(C)(C)c1ccnc(-c2[c-]cccc2)c1.[2H]C([2H])([2H])c1cccc2nc(-c3[c-]ccc4c3oc3cc5c(ccc6ccccc65)cc34)n(-c3c(C(C)C)cc(-c4cc([Si](C)(C)C)cc([Si](C)(C)C)c4)cc3C(C)C)c12.[Ir]. The maximum atomic E-state index is 8.80. The Morgan fingerprint density at radius 3 is 1.95 bits per heavy atom. The number of imidazole rings is 1. The summed E-state index contributed by atoms with van der Waals surface area (Å²) >= 11 is 0. The van der Waals surface area contributed by atoms with E-state index in [4.69, 9.17) is 13.5 Å². The Balaban J connectivity index is 0.000000364. The van der Waals surface area contributed by atoms with Gasteiger partial charge in [0.25, 0.3) is 0 Å². The van der Waals surface area contributed by atoms with Crippen molar-refractivity contribution >= 4 is 81.0 Å². The molecule has 0 spiro atoms.